The van der Waals surface area contributed by atoms with Gasteiger partial charge in [0.05, 0.1) is 19.1 Å². The summed E-state index contributed by atoms with van der Waals surface area (Å²) in [5.74, 6) is 0.351. The van der Waals surface area contributed by atoms with E-state index in [2.05, 4.69) is 5.16 Å². The second-order valence-corrected chi connectivity index (χ2v) is 6.46. The average molecular weight is 409 g/mol. The number of rotatable bonds is 6. The number of ketones is 1. The summed E-state index contributed by atoms with van der Waals surface area (Å²) in [6.45, 7) is 0. The molecule has 4 rings (SSSR count). The molecule has 0 atom stereocenters. The van der Waals surface area contributed by atoms with Crippen LogP contribution in [0.15, 0.2) is 58.8 Å². The predicted molar refractivity (Wildman–Crippen MR) is 103 cm³/mol. The Labute approximate surface area is 170 Å². The van der Waals surface area contributed by atoms with E-state index in [-0.39, 0.29) is 29.5 Å². The van der Waals surface area contributed by atoms with Gasteiger partial charge in [0.25, 0.3) is 5.88 Å². The van der Waals surface area contributed by atoms with Crippen molar-refractivity contribution in [3.63, 3.8) is 0 Å². The number of Topliss-reactive ketones (excluding diaryl/α,β-unsaturated/α-hetero) is 1. The van der Waals surface area contributed by atoms with Crippen molar-refractivity contribution in [3.8, 4) is 17.4 Å². The first-order chi connectivity index (χ1) is 14.5. The zero-order chi connectivity index (χ0) is 21.1. The standard InChI is InChI=1S/C22H16FNO6/c1-27-20-12-16(30-24-20)7-9-21(25)28-15-6-8-17-18(11-15)29-19(22(17)26)10-13-2-4-14(23)5-3-13/h2-6,8,10-12H,7,9H2,1H3/b19-10-. The Morgan fingerprint density at radius 2 is 1.97 bits per heavy atom. The molecule has 1 aliphatic rings. The maximum absolute atomic E-state index is 13.0. The number of fused-ring (bicyclic) bond motifs is 1. The van der Waals surface area contributed by atoms with Gasteiger partial charge in [-0.2, -0.15) is 0 Å². The molecule has 0 spiro atoms. The van der Waals surface area contributed by atoms with Gasteiger partial charge in [-0.1, -0.05) is 12.1 Å². The fourth-order valence-electron chi connectivity index (χ4n) is 2.86. The predicted octanol–water partition coefficient (Wildman–Crippen LogP) is 3.98. The minimum Gasteiger partial charge on any atom is -0.479 e. The Balaban J connectivity index is 1.40. The van der Waals surface area contributed by atoms with Crippen molar-refractivity contribution in [1.29, 1.82) is 0 Å². The normalized spacial score (nSPS) is 13.8. The van der Waals surface area contributed by atoms with E-state index in [0.717, 1.165) is 0 Å². The number of carbonyl (C=O) groups is 2. The fraction of sp³-hybridized carbons (Fsp3) is 0.136. The number of esters is 1. The van der Waals surface area contributed by atoms with Gasteiger partial charge in [0, 0.05) is 18.6 Å². The van der Waals surface area contributed by atoms with Gasteiger partial charge in [0.15, 0.2) is 5.76 Å². The van der Waals surface area contributed by atoms with E-state index >= 15 is 0 Å². The number of nitrogens with zero attached hydrogens (tertiary/aromatic N) is 1. The molecule has 0 bridgehead atoms. The van der Waals surface area contributed by atoms with E-state index in [1.54, 1.807) is 18.2 Å². The highest BCUT2D eigenvalue weighted by Gasteiger charge is 2.28. The first-order valence-corrected chi connectivity index (χ1v) is 9.06. The number of benzene rings is 2. The van der Waals surface area contributed by atoms with Crippen LogP contribution < -0.4 is 14.2 Å². The number of aromatic nitrogens is 1. The van der Waals surface area contributed by atoms with Gasteiger partial charge in [-0.25, -0.2) is 4.39 Å². The van der Waals surface area contributed by atoms with Crippen LogP contribution in [-0.4, -0.2) is 24.0 Å². The van der Waals surface area contributed by atoms with E-state index in [0.29, 0.717) is 34.9 Å². The minimum absolute atomic E-state index is 0.0743. The molecule has 0 radical (unpaired) electrons. The SMILES string of the molecule is COc1cc(CCC(=O)Oc2ccc3c(c2)O/C(=C\c2ccc(F)cc2)C3=O)on1. The molecule has 2 aromatic carbocycles. The van der Waals surface area contributed by atoms with Gasteiger partial charge in [-0.3, -0.25) is 9.59 Å². The molecule has 3 aromatic rings. The smallest absolute Gasteiger partial charge is 0.311 e. The lowest BCUT2D eigenvalue weighted by Gasteiger charge is -2.05. The molecule has 152 valence electrons. The fourth-order valence-corrected chi connectivity index (χ4v) is 2.86. The number of hydrogen-bond acceptors (Lipinski definition) is 7. The zero-order valence-corrected chi connectivity index (χ0v) is 15.9. The van der Waals surface area contributed by atoms with E-state index in [1.807, 2.05) is 0 Å². The van der Waals surface area contributed by atoms with Gasteiger partial charge in [-0.05, 0) is 41.1 Å². The van der Waals surface area contributed by atoms with Crippen LogP contribution in [0.3, 0.4) is 0 Å². The Morgan fingerprint density at radius 1 is 1.17 bits per heavy atom. The van der Waals surface area contributed by atoms with Crippen LogP contribution in [0.1, 0.15) is 28.1 Å². The monoisotopic (exact) mass is 409 g/mol. The van der Waals surface area contributed by atoms with E-state index < -0.39 is 5.97 Å². The Kier molecular flexibility index (Phi) is 5.30. The lowest BCUT2D eigenvalue weighted by atomic mass is 10.1. The van der Waals surface area contributed by atoms with Crippen molar-refractivity contribution in [3.05, 3.63) is 77.0 Å². The maximum Gasteiger partial charge on any atom is 0.311 e. The Morgan fingerprint density at radius 3 is 2.70 bits per heavy atom. The maximum atomic E-state index is 13.0. The molecule has 1 aromatic heterocycles. The third-order valence-corrected chi connectivity index (χ3v) is 4.36. The second kappa shape index (κ2) is 8.20. The average Bonchev–Trinajstić information content (AvgIpc) is 3.32. The van der Waals surface area contributed by atoms with Gasteiger partial charge in [0.1, 0.15) is 23.1 Å². The topological polar surface area (TPSA) is 87.9 Å². The van der Waals surface area contributed by atoms with E-state index in [9.17, 15) is 14.0 Å². The number of aryl methyl sites for hydroxylation is 1. The van der Waals surface area contributed by atoms with Crippen LogP contribution in [0.2, 0.25) is 0 Å². The van der Waals surface area contributed by atoms with Crippen molar-refractivity contribution < 1.29 is 32.7 Å². The molecule has 2 heterocycles. The number of hydrogen-bond donors (Lipinski definition) is 0. The molecular weight excluding hydrogens is 393 g/mol. The molecule has 30 heavy (non-hydrogen) atoms. The van der Waals surface area contributed by atoms with Crippen molar-refractivity contribution >= 4 is 17.8 Å². The molecule has 1 aliphatic heterocycles. The quantitative estimate of drug-likeness (QED) is 0.346. The largest absolute Gasteiger partial charge is 0.479 e. The van der Waals surface area contributed by atoms with Crippen molar-refractivity contribution in [2.75, 3.05) is 7.11 Å². The minimum atomic E-state index is -0.475. The number of methoxy groups -OCH3 is 1. The molecule has 0 saturated carbocycles. The number of halogens is 1. The second-order valence-electron chi connectivity index (χ2n) is 6.46. The van der Waals surface area contributed by atoms with Crippen LogP contribution >= 0.6 is 0 Å². The highest BCUT2D eigenvalue weighted by atomic mass is 19.1. The van der Waals surface area contributed by atoms with Crippen LogP contribution in [0, 0.1) is 5.82 Å². The van der Waals surface area contributed by atoms with Crippen LogP contribution in [0.5, 0.6) is 17.4 Å². The number of carbonyl (C=O) groups excluding carboxylic acids is 2. The summed E-state index contributed by atoms with van der Waals surface area (Å²) in [5, 5.41) is 3.66. The molecule has 0 aliphatic carbocycles. The highest BCUT2D eigenvalue weighted by Crippen LogP contribution is 2.35. The van der Waals surface area contributed by atoms with Gasteiger partial charge < -0.3 is 18.7 Å². The third kappa shape index (κ3) is 4.22. The molecule has 0 unspecified atom stereocenters. The highest BCUT2D eigenvalue weighted by molar-refractivity contribution is 6.14. The third-order valence-electron chi connectivity index (χ3n) is 4.36. The molecule has 0 saturated heterocycles. The molecular formula is C22H16FNO6. The van der Waals surface area contributed by atoms with Crippen LogP contribution in [-0.2, 0) is 11.2 Å². The summed E-state index contributed by atoms with van der Waals surface area (Å²) >= 11 is 0. The summed E-state index contributed by atoms with van der Waals surface area (Å²) in [5.41, 5.74) is 0.986. The van der Waals surface area contributed by atoms with Gasteiger partial charge in [0.2, 0.25) is 5.78 Å². The van der Waals surface area contributed by atoms with Crippen molar-refractivity contribution in [1.82, 2.24) is 5.16 Å². The first-order valence-electron chi connectivity index (χ1n) is 9.06. The van der Waals surface area contributed by atoms with Gasteiger partial charge in [-0.15, -0.1) is 0 Å². The van der Waals surface area contributed by atoms with Crippen molar-refractivity contribution in [2.24, 2.45) is 0 Å². The number of ether oxygens (including phenoxy) is 3. The molecule has 0 amide bonds. The summed E-state index contributed by atoms with van der Waals surface area (Å²) in [6.07, 6.45) is 1.91. The van der Waals surface area contributed by atoms with Crippen molar-refractivity contribution in [2.45, 2.75) is 12.8 Å². The first kappa shape index (κ1) is 19.4. The Bertz CT molecular complexity index is 1130. The summed E-state index contributed by atoms with van der Waals surface area (Å²) in [7, 11) is 1.47. The Hall–Kier alpha value is -3.94. The van der Waals surface area contributed by atoms with Gasteiger partial charge >= 0.3 is 5.97 Å². The molecule has 8 heteroatoms. The molecule has 0 fully saturated rings. The van der Waals surface area contributed by atoms with E-state index in [4.69, 9.17) is 18.7 Å². The van der Waals surface area contributed by atoms with Crippen LogP contribution in [0.25, 0.3) is 6.08 Å². The molecule has 0 N–H and O–H groups in total. The summed E-state index contributed by atoms with van der Waals surface area (Å²) in [4.78, 5) is 24.6. The summed E-state index contributed by atoms with van der Waals surface area (Å²) < 4.78 is 33.9. The van der Waals surface area contributed by atoms with Crippen LogP contribution in [0.4, 0.5) is 4.39 Å². The van der Waals surface area contributed by atoms with E-state index in [1.165, 1.54) is 43.5 Å². The zero-order valence-electron chi connectivity index (χ0n) is 15.9. The lowest BCUT2D eigenvalue weighted by Crippen LogP contribution is -2.08. The summed E-state index contributed by atoms with van der Waals surface area (Å²) in [6, 6.07) is 11.8. The number of allylic oxidation sites excluding steroid dienone is 1. The lowest BCUT2D eigenvalue weighted by molar-refractivity contribution is -0.134. The molecule has 7 nitrogen and oxygen atoms in total.